The van der Waals surface area contributed by atoms with Crippen molar-refractivity contribution in [1.82, 2.24) is 0 Å². The normalized spacial score (nSPS) is 17.6. The van der Waals surface area contributed by atoms with Gasteiger partial charge >= 0.3 is 0 Å². The van der Waals surface area contributed by atoms with E-state index in [4.69, 9.17) is 0 Å². The first-order valence-corrected chi connectivity index (χ1v) is 5.49. The van der Waals surface area contributed by atoms with Crippen molar-refractivity contribution in [2.45, 2.75) is 6.42 Å². The Morgan fingerprint density at radius 3 is 2.43 bits per heavy atom. The SMILES string of the molecule is FC1=CC=C(c2ccccc2)C[C]1I. The predicted octanol–water partition coefficient (Wildman–Crippen LogP) is 4.29. The van der Waals surface area contributed by atoms with Crippen LogP contribution in [0.4, 0.5) is 4.39 Å². The fourth-order valence-electron chi connectivity index (χ4n) is 1.43. The minimum absolute atomic E-state index is 0.106. The fraction of sp³-hybridized carbons (Fsp3) is 0.0833. The first-order chi connectivity index (χ1) is 6.77. The van der Waals surface area contributed by atoms with Gasteiger partial charge in [0.15, 0.2) is 0 Å². The van der Waals surface area contributed by atoms with E-state index in [0.717, 1.165) is 3.92 Å². The Hall–Kier alpha value is -0.640. The maximum atomic E-state index is 13.0. The molecule has 1 aliphatic rings. The first-order valence-electron chi connectivity index (χ1n) is 4.41. The van der Waals surface area contributed by atoms with E-state index in [-0.39, 0.29) is 5.83 Å². The van der Waals surface area contributed by atoms with E-state index in [1.807, 2.05) is 36.4 Å². The number of rotatable bonds is 1. The molecule has 1 radical (unpaired) electrons. The molecule has 0 saturated heterocycles. The Labute approximate surface area is 96.7 Å². The van der Waals surface area contributed by atoms with Gasteiger partial charge in [0.05, 0.1) is 3.92 Å². The lowest BCUT2D eigenvalue weighted by atomic mass is 9.97. The smallest absolute Gasteiger partial charge is 0.118 e. The largest absolute Gasteiger partial charge is 0.210 e. The van der Waals surface area contributed by atoms with Crippen LogP contribution in [0.2, 0.25) is 0 Å². The highest BCUT2D eigenvalue weighted by Crippen LogP contribution is 2.37. The van der Waals surface area contributed by atoms with Crippen LogP contribution in [-0.2, 0) is 0 Å². The zero-order chi connectivity index (χ0) is 9.97. The van der Waals surface area contributed by atoms with E-state index < -0.39 is 0 Å². The monoisotopic (exact) mass is 299 g/mol. The van der Waals surface area contributed by atoms with Crippen molar-refractivity contribution in [2.24, 2.45) is 0 Å². The van der Waals surface area contributed by atoms with Crippen LogP contribution >= 0.6 is 22.6 Å². The number of allylic oxidation sites excluding steroid dienone is 4. The molecule has 0 spiro atoms. The summed E-state index contributed by atoms with van der Waals surface area (Å²) in [5, 5.41) is 0. The summed E-state index contributed by atoms with van der Waals surface area (Å²) in [7, 11) is 0. The van der Waals surface area contributed by atoms with Gasteiger partial charge in [-0.15, -0.1) is 0 Å². The third kappa shape index (κ3) is 2.05. The molecule has 0 atom stereocenters. The van der Waals surface area contributed by atoms with Crippen molar-refractivity contribution < 1.29 is 4.39 Å². The van der Waals surface area contributed by atoms with Gasteiger partial charge in [0, 0.05) is 0 Å². The average Bonchev–Trinajstić information content (AvgIpc) is 2.23. The molecule has 1 aliphatic carbocycles. The summed E-state index contributed by atoms with van der Waals surface area (Å²) in [6.45, 7) is 0. The Morgan fingerprint density at radius 1 is 1.07 bits per heavy atom. The zero-order valence-electron chi connectivity index (χ0n) is 7.50. The second kappa shape index (κ2) is 4.26. The number of benzene rings is 1. The standard InChI is InChI=1S/C12H9FI/c13-11-7-6-10(8-12(11)14)9-4-2-1-3-5-9/h1-7H,8H2. The summed E-state index contributed by atoms with van der Waals surface area (Å²) in [4.78, 5) is 0. The molecule has 1 aromatic carbocycles. The van der Waals surface area contributed by atoms with E-state index in [0.29, 0.717) is 6.42 Å². The molecule has 2 heteroatoms. The van der Waals surface area contributed by atoms with E-state index in [9.17, 15) is 4.39 Å². The third-order valence-corrected chi connectivity index (χ3v) is 3.08. The van der Waals surface area contributed by atoms with Gasteiger partial charge in [-0.05, 0) is 23.6 Å². The van der Waals surface area contributed by atoms with Crippen molar-refractivity contribution in [1.29, 1.82) is 0 Å². The molecule has 0 bridgehead atoms. The van der Waals surface area contributed by atoms with Crippen molar-refractivity contribution in [3.8, 4) is 0 Å². The molecule has 1 aromatic rings. The van der Waals surface area contributed by atoms with Crippen molar-refractivity contribution in [2.75, 3.05) is 0 Å². The summed E-state index contributed by atoms with van der Waals surface area (Å²) in [5.74, 6) is -0.106. The predicted molar refractivity (Wildman–Crippen MR) is 65.5 cm³/mol. The molecule has 14 heavy (non-hydrogen) atoms. The Kier molecular flexibility index (Phi) is 3.01. The molecule has 0 unspecified atom stereocenters. The van der Waals surface area contributed by atoms with Crippen molar-refractivity contribution in [3.63, 3.8) is 0 Å². The Morgan fingerprint density at radius 2 is 1.79 bits per heavy atom. The molecule has 71 valence electrons. The minimum atomic E-state index is -0.106. The minimum Gasteiger partial charge on any atom is -0.210 e. The molecule has 0 nitrogen and oxygen atoms in total. The van der Waals surface area contributed by atoms with Crippen LogP contribution in [0.3, 0.4) is 0 Å². The zero-order valence-corrected chi connectivity index (χ0v) is 9.66. The van der Waals surface area contributed by atoms with Crippen LogP contribution < -0.4 is 0 Å². The van der Waals surface area contributed by atoms with Gasteiger partial charge in [0.1, 0.15) is 5.83 Å². The summed E-state index contributed by atoms with van der Waals surface area (Å²) in [6.07, 6.45) is 4.09. The van der Waals surface area contributed by atoms with Gasteiger partial charge in [0.25, 0.3) is 0 Å². The molecule has 0 aliphatic heterocycles. The average molecular weight is 299 g/mol. The van der Waals surface area contributed by atoms with Gasteiger partial charge in [-0.2, -0.15) is 0 Å². The van der Waals surface area contributed by atoms with Crippen LogP contribution in [0.5, 0.6) is 0 Å². The molecule has 0 aromatic heterocycles. The molecule has 0 saturated carbocycles. The molecular weight excluding hydrogens is 290 g/mol. The summed E-state index contributed by atoms with van der Waals surface area (Å²) in [6, 6.07) is 10.1. The highest BCUT2D eigenvalue weighted by Gasteiger charge is 2.17. The number of hydrogen-bond acceptors (Lipinski definition) is 0. The maximum absolute atomic E-state index is 13.0. The van der Waals surface area contributed by atoms with E-state index in [1.165, 1.54) is 17.2 Å². The van der Waals surface area contributed by atoms with Gasteiger partial charge in [-0.3, -0.25) is 0 Å². The van der Waals surface area contributed by atoms with Crippen LogP contribution in [0, 0.1) is 3.92 Å². The van der Waals surface area contributed by atoms with Gasteiger partial charge < -0.3 is 0 Å². The maximum Gasteiger partial charge on any atom is 0.118 e. The third-order valence-electron chi connectivity index (χ3n) is 2.18. The molecule has 2 rings (SSSR count). The summed E-state index contributed by atoms with van der Waals surface area (Å²) < 4.78 is 13.8. The van der Waals surface area contributed by atoms with Crippen LogP contribution in [0.1, 0.15) is 12.0 Å². The Bertz CT molecular complexity index is 379. The van der Waals surface area contributed by atoms with Gasteiger partial charge in [0.2, 0.25) is 0 Å². The first kappa shape index (κ1) is 9.90. The van der Waals surface area contributed by atoms with E-state index >= 15 is 0 Å². The van der Waals surface area contributed by atoms with Crippen molar-refractivity contribution >= 4 is 28.2 Å². The molecular formula is C12H9FI. The van der Waals surface area contributed by atoms with Gasteiger partial charge in [-0.1, -0.05) is 59.0 Å². The summed E-state index contributed by atoms with van der Waals surface area (Å²) >= 11 is 2.06. The lowest BCUT2D eigenvalue weighted by Gasteiger charge is -2.14. The van der Waals surface area contributed by atoms with E-state index in [1.54, 1.807) is 0 Å². The van der Waals surface area contributed by atoms with Crippen LogP contribution in [0.25, 0.3) is 5.57 Å². The number of hydrogen-bond donors (Lipinski definition) is 0. The van der Waals surface area contributed by atoms with E-state index in [2.05, 4.69) is 22.6 Å². The lowest BCUT2D eigenvalue weighted by Crippen LogP contribution is -1.96. The molecule has 0 amide bonds. The van der Waals surface area contributed by atoms with Crippen LogP contribution in [-0.4, -0.2) is 0 Å². The molecule has 0 fully saturated rings. The lowest BCUT2D eigenvalue weighted by molar-refractivity contribution is 0.638. The fourth-order valence-corrected chi connectivity index (χ4v) is 2.02. The van der Waals surface area contributed by atoms with Gasteiger partial charge in [-0.25, -0.2) is 4.39 Å². The number of halogens is 2. The molecule has 0 heterocycles. The quantitative estimate of drug-likeness (QED) is 0.678. The highest BCUT2D eigenvalue weighted by molar-refractivity contribution is 14.1. The second-order valence-corrected chi connectivity index (χ2v) is 4.46. The van der Waals surface area contributed by atoms with Crippen LogP contribution in [0.15, 0.2) is 48.3 Å². The second-order valence-electron chi connectivity index (χ2n) is 3.15. The Balaban J connectivity index is 2.30. The topological polar surface area (TPSA) is 0 Å². The summed E-state index contributed by atoms with van der Waals surface area (Å²) in [5.41, 5.74) is 2.35. The molecule has 0 N–H and O–H groups in total. The van der Waals surface area contributed by atoms with Crippen molar-refractivity contribution in [3.05, 3.63) is 57.8 Å². The highest BCUT2D eigenvalue weighted by atomic mass is 127.